The minimum absolute atomic E-state index is 0.0360. The van der Waals surface area contributed by atoms with Crippen LogP contribution < -0.4 is 0 Å². The lowest BCUT2D eigenvalue weighted by atomic mass is 10.4. The van der Waals surface area contributed by atoms with Crippen molar-refractivity contribution >= 4 is 20.0 Å². The van der Waals surface area contributed by atoms with Gasteiger partial charge in [-0.25, -0.2) is 8.42 Å². The summed E-state index contributed by atoms with van der Waals surface area (Å²) in [6.07, 6.45) is 0. The molecule has 2 aromatic rings. The van der Waals surface area contributed by atoms with Crippen molar-refractivity contribution in [1.82, 2.24) is 0 Å². The summed E-state index contributed by atoms with van der Waals surface area (Å²) in [5.41, 5.74) is 0. The molecule has 0 radical (unpaired) electrons. The van der Waals surface area contributed by atoms with Crippen LogP contribution in [-0.2, 0) is 20.0 Å². The molecule has 0 spiro atoms. The molecule has 0 unspecified atom stereocenters. The van der Waals surface area contributed by atoms with Crippen molar-refractivity contribution in [3.63, 3.8) is 0 Å². The van der Waals surface area contributed by atoms with Crippen LogP contribution in [0.1, 0.15) is 0 Å². The topological polar surface area (TPSA) is 88.5 Å². The molecule has 0 aliphatic carbocycles. The molecule has 0 aromatic heterocycles. The van der Waals surface area contributed by atoms with Crippen molar-refractivity contribution in [1.29, 1.82) is 0 Å². The minimum Gasteiger partial charge on any atom is -0.282 e. The smallest absolute Gasteiger partial charge is 0.282 e. The lowest BCUT2D eigenvalue weighted by molar-refractivity contribution is 0.480. The molecule has 2 rings (SSSR count). The third kappa shape index (κ3) is 2.67. The van der Waals surface area contributed by atoms with E-state index in [-0.39, 0.29) is 4.90 Å². The molecule has 7 heteroatoms. The molecule has 2 aromatic carbocycles. The van der Waals surface area contributed by atoms with Gasteiger partial charge in [0.1, 0.15) is 4.90 Å². The standard InChI is InChI=1S/C12H10O5S2/c13-18(14,10-6-2-1-3-7-10)11-8-4-5-9-12(11)19(15,16)17/h1-9H,(H,15,16,17). The molecule has 0 aliphatic rings. The summed E-state index contributed by atoms with van der Waals surface area (Å²) >= 11 is 0. The number of rotatable bonds is 3. The summed E-state index contributed by atoms with van der Waals surface area (Å²) in [5.74, 6) is 0. The highest BCUT2D eigenvalue weighted by atomic mass is 32.2. The van der Waals surface area contributed by atoms with E-state index >= 15 is 0 Å². The van der Waals surface area contributed by atoms with Gasteiger partial charge in [-0.15, -0.1) is 0 Å². The SMILES string of the molecule is O=S(=O)(O)c1ccccc1S(=O)(=O)c1ccccc1. The zero-order valence-corrected chi connectivity index (χ0v) is 11.2. The normalized spacial score (nSPS) is 12.3. The second-order valence-corrected chi connectivity index (χ2v) is 7.05. The molecule has 0 fully saturated rings. The molecule has 0 saturated heterocycles. The van der Waals surface area contributed by atoms with Crippen molar-refractivity contribution in [3.8, 4) is 0 Å². The van der Waals surface area contributed by atoms with Crippen LogP contribution in [0.15, 0.2) is 69.3 Å². The number of hydrogen-bond acceptors (Lipinski definition) is 4. The maximum Gasteiger partial charge on any atom is 0.295 e. The molecule has 1 N–H and O–H groups in total. The Kier molecular flexibility index (Phi) is 3.44. The van der Waals surface area contributed by atoms with E-state index in [0.29, 0.717) is 0 Å². The Bertz CT molecular complexity index is 793. The van der Waals surface area contributed by atoms with Crippen molar-refractivity contribution in [2.45, 2.75) is 14.7 Å². The molecule has 0 aliphatic heterocycles. The summed E-state index contributed by atoms with van der Waals surface area (Å²) in [5, 5.41) is 0. The highest BCUT2D eigenvalue weighted by Gasteiger charge is 2.26. The molecule has 0 heterocycles. The van der Waals surface area contributed by atoms with Crippen molar-refractivity contribution in [2.75, 3.05) is 0 Å². The summed E-state index contributed by atoms with van der Waals surface area (Å²) in [7, 11) is -8.60. The molecular formula is C12H10O5S2. The first-order valence-electron chi connectivity index (χ1n) is 5.20. The second-order valence-electron chi connectivity index (χ2n) is 3.74. The molecular weight excluding hydrogens is 288 g/mol. The van der Waals surface area contributed by atoms with Gasteiger partial charge in [0.2, 0.25) is 9.84 Å². The van der Waals surface area contributed by atoms with E-state index in [2.05, 4.69) is 0 Å². The molecule has 5 nitrogen and oxygen atoms in total. The number of hydrogen-bond donors (Lipinski definition) is 1. The van der Waals surface area contributed by atoms with Gasteiger partial charge in [-0.1, -0.05) is 30.3 Å². The average Bonchev–Trinajstić information content (AvgIpc) is 2.39. The van der Waals surface area contributed by atoms with Gasteiger partial charge in [0.15, 0.2) is 0 Å². The van der Waals surface area contributed by atoms with E-state index in [0.717, 1.165) is 12.1 Å². The Morgan fingerprint density at radius 2 is 1.16 bits per heavy atom. The monoisotopic (exact) mass is 298 g/mol. The fourth-order valence-corrected chi connectivity index (χ4v) is 4.19. The fraction of sp³-hybridized carbons (Fsp3) is 0. The van der Waals surface area contributed by atoms with Crippen molar-refractivity contribution < 1.29 is 21.4 Å². The predicted octanol–water partition coefficient (Wildman–Crippen LogP) is 1.77. The summed E-state index contributed by atoms with van der Waals surface area (Å²) < 4.78 is 56.2. The Labute approximate surface area is 111 Å². The molecule has 0 amide bonds. The van der Waals surface area contributed by atoms with Crippen LogP contribution in [0, 0.1) is 0 Å². The lowest BCUT2D eigenvalue weighted by Crippen LogP contribution is -2.09. The lowest BCUT2D eigenvalue weighted by Gasteiger charge is -2.08. The Hall–Kier alpha value is -1.70. The summed E-state index contributed by atoms with van der Waals surface area (Å²) in [6.45, 7) is 0. The van der Waals surface area contributed by atoms with Crippen LogP contribution in [0.3, 0.4) is 0 Å². The van der Waals surface area contributed by atoms with E-state index in [1.165, 1.54) is 36.4 Å². The molecule has 0 atom stereocenters. The van der Waals surface area contributed by atoms with Gasteiger partial charge in [-0.2, -0.15) is 8.42 Å². The molecule has 0 bridgehead atoms. The van der Waals surface area contributed by atoms with Gasteiger partial charge in [0.25, 0.3) is 10.1 Å². The van der Waals surface area contributed by atoms with E-state index in [9.17, 15) is 16.8 Å². The van der Waals surface area contributed by atoms with Gasteiger partial charge in [0.05, 0.1) is 9.79 Å². The third-order valence-electron chi connectivity index (χ3n) is 2.47. The first kappa shape index (κ1) is 13.7. The van der Waals surface area contributed by atoms with E-state index in [1.54, 1.807) is 6.07 Å². The quantitative estimate of drug-likeness (QED) is 0.872. The van der Waals surface area contributed by atoms with E-state index in [4.69, 9.17) is 4.55 Å². The van der Waals surface area contributed by atoms with Gasteiger partial charge < -0.3 is 0 Å². The van der Waals surface area contributed by atoms with E-state index in [1.807, 2.05) is 0 Å². The largest absolute Gasteiger partial charge is 0.295 e. The van der Waals surface area contributed by atoms with Crippen molar-refractivity contribution in [2.24, 2.45) is 0 Å². The maximum absolute atomic E-state index is 12.3. The van der Waals surface area contributed by atoms with Crippen molar-refractivity contribution in [3.05, 3.63) is 54.6 Å². The van der Waals surface area contributed by atoms with Crippen LogP contribution in [0.5, 0.6) is 0 Å². The Balaban J connectivity index is 2.74. The van der Waals surface area contributed by atoms with E-state index < -0.39 is 29.7 Å². The molecule has 19 heavy (non-hydrogen) atoms. The highest BCUT2D eigenvalue weighted by molar-refractivity contribution is 7.92. The zero-order chi connectivity index (χ0) is 14.1. The van der Waals surface area contributed by atoms with Crippen LogP contribution in [0.25, 0.3) is 0 Å². The molecule has 0 saturated carbocycles. The minimum atomic E-state index is -4.60. The maximum atomic E-state index is 12.3. The second kappa shape index (κ2) is 4.76. The summed E-state index contributed by atoms with van der Waals surface area (Å²) in [6, 6.07) is 12.3. The van der Waals surface area contributed by atoms with Gasteiger partial charge >= 0.3 is 0 Å². The number of benzene rings is 2. The highest BCUT2D eigenvalue weighted by Crippen LogP contribution is 2.26. The van der Waals surface area contributed by atoms with Crippen LogP contribution in [0.4, 0.5) is 0 Å². The van der Waals surface area contributed by atoms with Crippen LogP contribution in [0.2, 0.25) is 0 Å². The summed E-state index contributed by atoms with van der Waals surface area (Å²) in [4.78, 5) is -1.10. The first-order valence-corrected chi connectivity index (χ1v) is 8.12. The fourth-order valence-electron chi connectivity index (χ4n) is 1.61. The molecule has 100 valence electrons. The van der Waals surface area contributed by atoms with Crippen LogP contribution in [-0.4, -0.2) is 21.4 Å². The third-order valence-corrected chi connectivity index (χ3v) is 5.34. The van der Waals surface area contributed by atoms with Crippen LogP contribution >= 0.6 is 0 Å². The average molecular weight is 298 g/mol. The Morgan fingerprint density at radius 3 is 1.68 bits per heavy atom. The van der Waals surface area contributed by atoms with Gasteiger partial charge in [-0.3, -0.25) is 4.55 Å². The van der Waals surface area contributed by atoms with Gasteiger partial charge in [-0.05, 0) is 24.3 Å². The Morgan fingerprint density at radius 1 is 0.684 bits per heavy atom. The van der Waals surface area contributed by atoms with Gasteiger partial charge in [0, 0.05) is 0 Å². The first-order chi connectivity index (χ1) is 8.83. The predicted molar refractivity (Wildman–Crippen MR) is 68.2 cm³/mol. The zero-order valence-electron chi connectivity index (χ0n) is 9.59. The number of sulfone groups is 1.